The number of piperidine rings is 1. The van der Waals surface area contributed by atoms with Crippen molar-refractivity contribution >= 4 is 11.6 Å². The zero-order chi connectivity index (χ0) is 11.4. The van der Waals surface area contributed by atoms with Crippen LogP contribution in [0.1, 0.15) is 12.8 Å². The summed E-state index contributed by atoms with van der Waals surface area (Å²) in [4.78, 5) is 17.8. The maximum atomic E-state index is 12.2. The molecule has 1 amide bonds. The van der Waals surface area contributed by atoms with Gasteiger partial charge in [-0.3, -0.25) is 9.78 Å². The lowest BCUT2D eigenvalue weighted by molar-refractivity contribution is -0.122. The highest BCUT2D eigenvalue weighted by molar-refractivity contribution is 5.94. The summed E-state index contributed by atoms with van der Waals surface area (Å²) in [5.74, 6) is 0.310. The fourth-order valence-corrected chi connectivity index (χ4v) is 2.03. The molecule has 1 fully saturated rings. The summed E-state index contributed by atoms with van der Waals surface area (Å²) in [7, 11) is 1.83. The average Bonchev–Trinajstić information content (AvgIpc) is 2.39. The molecular weight excluding hydrogens is 202 g/mol. The molecule has 4 nitrogen and oxygen atoms in total. The average molecular weight is 219 g/mol. The highest BCUT2D eigenvalue weighted by Gasteiger charge is 2.24. The maximum absolute atomic E-state index is 12.2. The molecule has 0 saturated carbocycles. The molecule has 0 bridgehead atoms. The third-order valence-corrected chi connectivity index (χ3v) is 3.03. The second-order valence-electron chi connectivity index (χ2n) is 4.15. The molecule has 2 heterocycles. The Labute approximate surface area is 95.7 Å². The summed E-state index contributed by atoms with van der Waals surface area (Å²) in [6, 6.07) is 3.71. The van der Waals surface area contributed by atoms with Gasteiger partial charge in [-0.15, -0.1) is 0 Å². The number of hydrogen-bond acceptors (Lipinski definition) is 3. The summed E-state index contributed by atoms with van der Waals surface area (Å²) >= 11 is 0. The zero-order valence-electron chi connectivity index (χ0n) is 9.52. The summed E-state index contributed by atoms with van der Waals surface area (Å²) < 4.78 is 0. The SMILES string of the molecule is CN(C(=O)[C@H]1CCCNC1)c1ccncc1. The fourth-order valence-electron chi connectivity index (χ4n) is 2.03. The fraction of sp³-hybridized carbons (Fsp3) is 0.500. The highest BCUT2D eigenvalue weighted by atomic mass is 16.2. The predicted molar refractivity (Wildman–Crippen MR) is 63.2 cm³/mol. The van der Waals surface area contributed by atoms with E-state index in [4.69, 9.17) is 0 Å². The van der Waals surface area contributed by atoms with Crippen LogP contribution in [0, 0.1) is 5.92 Å². The first-order chi connectivity index (χ1) is 7.79. The van der Waals surface area contributed by atoms with Crippen LogP contribution in [0.5, 0.6) is 0 Å². The smallest absolute Gasteiger partial charge is 0.231 e. The van der Waals surface area contributed by atoms with Gasteiger partial charge in [0.1, 0.15) is 0 Å². The first-order valence-corrected chi connectivity index (χ1v) is 5.67. The highest BCUT2D eigenvalue weighted by Crippen LogP contribution is 2.17. The van der Waals surface area contributed by atoms with Gasteiger partial charge in [0, 0.05) is 31.7 Å². The van der Waals surface area contributed by atoms with Crippen LogP contribution in [-0.2, 0) is 4.79 Å². The summed E-state index contributed by atoms with van der Waals surface area (Å²) in [6.45, 7) is 1.83. The molecule has 1 aliphatic rings. The van der Waals surface area contributed by atoms with E-state index in [0.29, 0.717) is 0 Å². The minimum atomic E-state index is 0.118. The molecule has 2 rings (SSSR count). The van der Waals surface area contributed by atoms with E-state index in [1.165, 1.54) is 0 Å². The Balaban J connectivity index is 2.04. The Bertz CT molecular complexity index is 347. The molecule has 1 aromatic rings. The van der Waals surface area contributed by atoms with E-state index in [1.54, 1.807) is 17.3 Å². The van der Waals surface area contributed by atoms with Crippen molar-refractivity contribution in [1.82, 2.24) is 10.3 Å². The molecule has 0 radical (unpaired) electrons. The van der Waals surface area contributed by atoms with E-state index >= 15 is 0 Å². The standard InChI is InChI=1S/C12H17N3O/c1-15(11-4-7-13-8-5-11)12(16)10-3-2-6-14-9-10/h4-5,7-8,10,14H,2-3,6,9H2,1H3/t10-/m0/s1. The third kappa shape index (κ3) is 2.39. The van der Waals surface area contributed by atoms with Gasteiger partial charge in [-0.1, -0.05) is 0 Å². The number of nitrogens with zero attached hydrogens (tertiary/aromatic N) is 2. The monoisotopic (exact) mass is 219 g/mol. The van der Waals surface area contributed by atoms with Crippen LogP contribution in [-0.4, -0.2) is 31.0 Å². The number of carbonyl (C=O) groups is 1. The van der Waals surface area contributed by atoms with Crippen LogP contribution >= 0.6 is 0 Å². The molecule has 1 saturated heterocycles. The van der Waals surface area contributed by atoms with Gasteiger partial charge in [0.05, 0.1) is 5.92 Å². The Hall–Kier alpha value is -1.42. The van der Waals surface area contributed by atoms with Gasteiger partial charge in [-0.05, 0) is 31.5 Å². The molecule has 1 aromatic heterocycles. The number of anilines is 1. The van der Waals surface area contributed by atoms with Gasteiger partial charge in [0.25, 0.3) is 0 Å². The lowest BCUT2D eigenvalue weighted by Gasteiger charge is -2.26. The van der Waals surface area contributed by atoms with Crippen molar-refractivity contribution in [2.24, 2.45) is 5.92 Å². The first kappa shape index (κ1) is 11.1. The van der Waals surface area contributed by atoms with Crippen molar-refractivity contribution in [3.05, 3.63) is 24.5 Å². The van der Waals surface area contributed by atoms with Crippen LogP contribution in [0.2, 0.25) is 0 Å². The second-order valence-corrected chi connectivity index (χ2v) is 4.15. The van der Waals surface area contributed by atoms with Crippen LogP contribution in [0.3, 0.4) is 0 Å². The van der Waals surface area contributed by atoms with E-state index < -0.39 is 0 Å². The topological polar surface area (TPSA) is 45.2 Å². The van der Waals surface area contributed by atoms with Gasteiger partial charge >= 0.3 is 0 Å². The maximum Gasteiger partial charge on any atom is 0.231 e. The minimum absolute atomic E-state index is 0.118. The van der Waals surface area contributed by atoms with E-state index in [1.807, 2.05) is 19.2 Å². The minimum Gasteiger partial charge on any atom is -0.316 e. The van der Waals surface area contributed by atoms with Crippen LogP contribution in [0.4, 0.5) is 5.69 Å². The second kappa shape index (κ2) is 5.07. The molecule has 0 unspecified atom stereocenters. The van der Waals surface area contributed by atoms with Crippen molar-refractivity contribution in [3.8, 4) is 0 Å². The van der Waals surface area contributed by atoms with Crippen LogP contribution in [0.15, 0.2) is 24.5 Å². The van der Waals surface area contributed by atoms with E-state index in [2.05, 4.69) is 10.3 Å². The Morgan fingerprint density at radius 2 is 2.25 bits per heavy atom. The predicted octanol–water partition coefficient (Wildman–Crippen LogP) is 1.04. The lowest BCUT2D eigenvalue weighted by atomic mass is 9.98. The van der Waals surface area contributed by atoms with Crippen molar-refractivity contribution in [2.75, 3.05) is 25.0 Å². The van der Waals surface area contributed by atoms with Gasteiger partial charge in [-0.2, -0.15) is 0 Å². The number of pyridine rings is 1. The Morgan fingerprint density at radius 3 is 2.88 bits per heavy atom. The number of hydrogen-bond donors (Lipinski definition) is 1. The number of rotatable bonds is 2. The molecule has 0 aromatic carbocycles. The molecule has 16 heavy (non-hydrogen) atoms. The van der Waals surface area contributed by atoms with Crippen LogP contribution < -0.4 is 10.2 Å². The largest absolute Gasteiger partial charge is 0.316 e. The molecule has 0 spiro atoms. The molecule has 86 valence electrons. The van der Waals surface area contributed by atoms with Gasteiger partial charge < -0.3 is 10.2 Å². The number of nitrogens with one attached hydrogen (secondary N) is 1. The summed E-state index contributed by atoms with van der Waals surface area (Å²) in [5, 5.41) is 3.26. The molecular formula is C12H17N3O. The number of amides is 1. The third-order valence-electron chi connectivity index (χ3n) is 3.03. The zero-order valence-corrected chi connectivity index (χ0v) is 9.52. The normalized spacial score (nSPS) is 20.4. The summed E-state index contributed by atoms with van der Waals surface area (Å²) in [5.41, 5.74) is 0.908. The first-order valence-electron chi connectivity index (χ1n) is 5.67. The Morgan fingerprint density at radius 1 is 1.50 bits per heavy atom. The Kier molecular flexibility index (Phi) is 3.51. The lowest BCUT2D eigenvalue weighted by Crippen LogP contribution is -2.41. The van der Waals surface area contributed by atoms with Crippen molar-refractivity contribution in [2.45, 2.75) is 12.8 Å². The van der Waals surface area contributed by atoms with E-state index in [9.17, 15) is 4.79 Å². The molecule has 1 atom stereocenters. The molecule has 4 heteroatoms. The number of carbonyl (C=O) groups excluding carboxylic acids is 1. The van der Waals surface area contributed by atoms with Gasteiger partial charge in [0.15, 0.2) is 0 Å². The van der Waals surface area contributed by atoms with Crippen LogP contribution in [0.25, 0.3) is 0 Å². The number of aromatic nitrogens is 1. The van der Waals surface area contributed by atoms with Gasteiger partial charge in [-0.25, -0.2) is 0 Å². The summed E-state index contributed by atoms with van der Waals surface area (Å²) in [6.07, 6.45) is 5.48. The van der Waals surface area contributed by atoms with E-state index in [-0.39, 0.29) is 11.8 Å². The van der Waals surface area contributed by atoms with Crippen molar-refractivity contribution in [3.63, 3.8) is 0 Å². The van der Waals surface area contributed by atoms with Crippen molar-refractivity contribution < 1.29 is 4.79 Å². The quantitative estimate of drug-likeness (QED) is 0.808. The molecule has 1 aliphatic heterocycles. The molecule has 1 N–H and O–H groups in total. The van der Waals surface area contributed by atoms with E-state index in [0.717, 1.165) is 31.6 Å². The van der Waals surface area contributed by atoms with Crippen molar-refractivity contribution in [1.29, 1.82) is 0 Å². The molecule has 0 aliphatic carbocycles. The van der Waals surface area contributed by atoms with Gasteiger partial charge in [0.2, 0.25) is 5.91 Å².